The lowest BCUT2D eigenvalue weighted by Gasteiger charge is -2.19. The molecule has 0 saturated carbocycles. The van der Waals surface area contributed by atoms with E-state index in [1.807, 2.05) is 6.92 Å². The highest BCUT2D eigenvalue weighted by molar-refractivity contribution is 4.85. The Bertz CT molecular complexity index is 200. The van der Waals surface area contributed by atoms with Crippen LogP contribution in [0.1, 0.15) is 26.7 Å². The monoisotopic (exact) mass is 197 g/mol. The van der Waals surface area contributed by atoms with E-state index in [9.17, 15) is 0 Å². The second kappa shape index (κ2) is 8.60. The maximum absolute atomic E-state index is 8.18. The van der Waals surface area contributed by atoms with Gasteiger partial charge in [0.25, 0.3) is 0 Å². The predicted molar refractivity (Wildman–Crippen MR) is 58.0 cm³/mol. The van der Waals surface area contributed by atoms with Gasteiger partial charge >= 0.3 is 0 Å². The van der Waals surface area contributed by atoms with Crippen molar-refractivity contribution in [1.82, 2.24) is 0 Å². The minimum atomic E-state index is -0.00736. The highest BCUT2D eigenvalue weighted by Crippen LogP contribution is 2.10. The minimum Gasteiger partial charge on any atom is -0.374 e. The molecule has 0 radical (unpaired) electrons. The van der Waals surface area contributed by atoms with Crippen molar-refractivity contribution in [3.05, 3.63) is 23.1 Å². The summed E-state index contributed by atoms with van der Waals surface area (Å²) in [6.07, 6.45) is 3.94. The zero-order valence-electron chi connectivity index (χ0n) is 9.02. The summed E-state index contributed by atoms with van der Waals surface area (Å²) in [6.45, 7) is 9.02. The largest absolute Gasteiger partial charge is 0.374 e. The number of unbranched alkanes of at least 4 members (excludes halogenated alkanes) is 1. The summed E-state index contributed by atoms with van der Waals surface area (Å²) in [6, 6.07) is 0. The Labute approximate surface area is 85.6 Å². The molecule has 0 aromatic heterocycles. The van der Waals surface area contributed by atoms with Gasteiger partial charge in [0, 0.05) is 18.1 Å². The van der Waals surface area contributed by atoms with Crippen LogP contribution in [-0.2, 0) is 4.74 Å². The molecule has 0 amide bonds. The van der Waals surface area contributed by atoms with Crippen LogP contribution in [0.2, 0.25) is 0 Å². The fourth-order valence-corrected chi connectivity index (χ4v) is 1.10. The molecule has 14 heavy (non-hydrogen) atoms. The van der Waals surface area contributed by atoms with Gasteiger partial charge in [-0.3, -0.25) is 0 Å². The second-order valence-electron chi connectivity index (χ2n) is 3.32. The van der Waals surface area contributed by atoms with Gasteiger partial charge in [0.15, 0.2) is 0 Å². The molecule has 0 spiro atoms. The summed E-state index contributed by atoms with van der Waals surface area (Å²) in [5, 5.41) is 3.52. The van der Waals surface area contributed by atoms with Crippen LogP contribution in [0.4, 0.5) is 0 Å². The van der Waals surface area contributed by atoms with E-state index in [1.54, 1.807) is 6.08 Å². The molecule has 0 rings (SSSR count). The Kier molecular flexibility index (Phi) is 7.99. The first-order chi connectivity index (χ1) is 6.76. The molecular weight excluding hydrogens is 178 g/mol. The van der Waals surface area contributed by atoms with Gasteiger partial charge in [-0.25, -0.2) is 0 Å². The summed E-state index contributed by atoms with van der Waals surface area (Å²) in [5.41, 5.74) is 8.18. The van der Waals surface area contributed by atoms with Gasteiger partial charge in [-0.1, -0.05) is 31.5 Å². The first-order valence-electron chi connectivity index (χ1n) is 5.01. The van der Waals surface area contributed by atoms with E-state index in [1.165, 1.54) is 0 Å². The van der Waals surface area contributed by atoms with Crippen LogP contribution in [-0.4, -0.2) is 19.3 Å². The number of hydrogen-bond acceptors (Lipinski definition) is 2. The van der Waals surface area contributed by atoms with E-state index in [4.69, 9.17) is 10.3 Å². The highest BCUT2D eigenvalue weighted by Gasteiger charge is 2.12. The zero-order valence-corrected chi connectivity index (χ0v) is 9.02. The van der Waals surface area contributed by atoms with Crippen molar-refractivity contribution in [1.29, 1.82) is 0 Å². The molecule has 0 aliphatic carbocycles. The van der Waals surface area contributed by atoms with Crippen LogP contribution >= 0.6 is 0 Å². The Morgan fingerprint density at radius 2 is 2.36 bits per heavy atom. The van der Waals surface area contributed by atoms with Gasteiger partial charge in [-0.2, -0.15) is 0 Å². The number of ether oxygens (including phenoxy) is 1. The third-order valence-electron chi connectivity index (χ3n) is 2.03. The quantitative estimate of drug-likeness (QED) is 0.193. The van der Waals surface area contributed by atoms with Crippen molar-refractivity contribution in [2.45, 2.75) is 32.8 Å². The summed E-state index contributed by atoms with van der Waals surface area (Å²) < 4.78 is 5.59. The lowest BCUT2D eigenvalue weighted by molar-refractivity contribution is 0.0509. The average Bonchev–Trinajstić information content (AvgIpc) is 2.21. The van der Waals surface area contributed by atoms with Crippen molar-refractivity contribution in [3.8, 4) is 0 Å². The van der Waals surface area contributed by atoms with Crippen LogP contribution in [0.15, 0.2) is 17.8 Å². The number of rotatable bonds is 8. The third-order valence-corrected chi connectivity index (χ3v) is 2.03. The summed E-state index contributed by atoms with van der Waals surface area (Å²) in [5.74, 6) is 0.195. The molecule has 0 N–H and O–H groups in total. The standard InChI is InChI=1S/C10H19N3O/c1-4-6-7-14-10(5-2)9(3)8-12-13-11/h5,9-10H,2,4,6-8H2,1,3H3/t9-,10-/m1/s1. The SMILES string of the molecule is C=C[C@@H](OCCCC)[C@H](C)CN=[N+]=[N-]. The average molecular weight is 197 g/mol. The van der Waals surface area contributed by atoms with E-state index < -0.39 is 0 Å². The van der Waals surface area contributed by atoms with Gasteiger partial charge < -0.3 is 4.74 Å². The second-order valence-corrected chi connectivity index (χ2v) is 3.32. The number of hydrogen-bond donors (Lipinski definition) is 0. The molecule has 0 aromatic carbocycles. The van der Waals surface area contributed by atoms with Gasteiger partial charge in [0.05, 0.1) is 6.10 Å². The van der Waals surface area contributed by atoms with Crippen molar-refractivity contribution < 1.29 is 4.74 Å². The van der Waals surface area contributed by atoms with E-state index in [-0.39, 0.29) is 12.0 Å². The van der Waals surface area contributed by atoms with Crippen molar-refractivity contribution >= 4 is 0 Å². The number of nitrogens with zero attached hydrogens (tertiary/aromatic N) is 3. The Morgan fingerprint density at radius 3 is 2.86 bits per heavy atom. The molecule has 0 aliphatic heterocycles. The van der Waals surface area contributed by atoms with E-state index in [0.29, 0.717) is 6.54 Å². The van der Waals surface area contributed by atoms with Gasteiger partial charge in [0.1, 0.15) is 0 Å². The molecule has 0 bridgehead atoms. The van der Waals surface area contributed by atoms with Crippen LogP contribution in [0.25, 0.3) is 10.4 Å². The van der Waals surface area contributed by atoms with Gasteiger partial charge in [-0.05, 0) is 17.9 Å². The lowest BCUT2D eigenvalue weighted by atomic mass is 10.1. The van der Waals surface area contributed by atoms with Crippen LogP contribution in [0.3, 0.4) is 0 Å². The molecule has 0 aromatic rings. The fourth-order valence-electron chi connectivity index (χ4n) is 1.10. The maximum Gasteiger partial charge on any atom is 0.0780 e. The Morgan fingerprint density at radius 1 is 1.64 bits per heavy atom. The van der Waals surface area contributed by atoms with Gasteiger partial charge in [0.2, 0.25) is 0 Å². The fraction of sp³-hybridized carbons (Fsp3) is 0.800. The Balaban J connectivity index is 3.85. The van der Waals surface area contributed by atoms with E-state index in [0.717, 1.165) is 19.4 Å². The molecule has 80 valence electrons. The van der Waals surface area contributed by atoms with Crippen LogP contribution < -0.4 is 0 Å². The third kappa shape index (κ3) is 5.62. The maximum atomic E-state index is 8.18. The number of azide groups is 1. The summed E-state index contributed by atoms with van der Waals surface area (Å²) in [4.78, 5) is 2.72. The normalized spacial score (nSPS) is 14.1. The molecule has 0 unspecified atom stereocenters. The lowest BCUT2D eigenvalue weighted by Crippen LogP contribution is -2.22. The molecule has 0 aliphatic rings. The Hall–Kier alpha value is -0.990. The molecule has 2 atom stereocenters. The molecule has 4 heteroatoms. The van der Waals surface area contributed by atoms with Gasteiger partial charge in [-0.15, -0.1) is 6.58 Å². The van der Waals surface area contributed by atoms with Crippen molar-refractivity contribution in [3.63, 3.8) is 0 Å². The first kappa shape index (κ1) is 13.0. The highest BCUT2D eigenvalue weighted by atomic mass is 16.5. The van der Waals surface area contributed by atoms with E-state index in [2.05, 4.69) is 23.5 Å². The molecule has 0 fully saturated rings. The molecular formula is C10H19N3O. The molecule has 0 saturated heterocycles. The molecule has 4 nitrogen and oxygen atoms in total. The van der Waals surface area contributed by atoms with Crippen molar-refractivity contribution in [2.24, 2.45) is 11.0 Å². The minimum absolute atomic E-state index is 0.00736. The van der Waals surface area contributed by atoms with Crippen LogP contribution in [0.5, 0.6) is 0 Å². The molecule has 0 heterocycles. The van der Waals surface area contributed by atoms with Crippen LogP contribution in [0, 0.1) is 5.92 Å². The topological polar surface area (TPSA) is 58.0 Å². The first-order valence-corrected chi connectivity index (χ1v) is 5.01. The predicted octanol–water partition coefficient (Wildman–Crippen LogP) is 3.30. The summed E-state index contributed by atoms with van der Waals surface area (Å²) >= 11 is 0. The smallest absolute Gasteiger partial charge is 0.0780 e. The van der Waals surface area contributed by atoms with Crippen molar-refractivity contribution in [2.75, 3.05) is 13.2 Å². The summed E-state index contributed by atoms with van der Waals surface area (Å²) in [7, 11) is 0. The van der Waals surface area contributed by atoms with E-state index >= 15 is 0 Å². The zero-order chi connectivity index (χ0) is 10.8.